The highest BCUT2D eigenvalue weighted by Gasteiger charge is 2.31. The van der Waals surface area contributed by atoms with Crippen molar-refractivity contribution in [2.75, 3.05) is 10.6 Å². The fourth-order valence-electron chi connectivity index (χ4n) is 2.64. The minimum Gasteiger partial charge on any atom is -0.325 e. The van der Waals surface area contributed by atoms with Crippen molar-refractivity contribution in [1.29, 1.82) is 0 Å². The molecule has 0 spiro atoms. The molecule has 1 heterocycles. The van der Waals surface area contributed by atoms with Gasteiger partial charge in [0.25, 0.3) is 0 Å². The summed E-state index contributed by atoms with van der Waals surface area (Å²) in [6.07, 6.45) is 0.585. The molecule has 0 fully saturated rings. The molecule has 3 rings (SSSR count). The molecule has 1 amide bonds. The van der Waals surface area contributed by atoms with Gasteiger partial charge in [-0.05, 0) is 47.9 Å². The summed E-state index contributed by atoms with van der Waals surface area (Å²) in [6, 6.07) is 12.8. The van der Waals surface area contributed by atoms with Gasteiger partial charge in [0.15, 0.2) is 5.78 Å². The van der Waals surface area contributed by atoms with Crippen LogP contribution in [0.15, 0.2) is 42.5 Å². The highest BCUT2D eigenvalue weighted by molar-refractivity contribution is 9.09. The van der Waals surface area contributed by atoms with Crippen LogP contribution in [0.25, 0.3) is 0 Å². The molecule has 1 atom stereocenters. The molecular weight excluding hydrogens is 366 g/mol. The summed E-state index contributed by atoms with van der Waals surface area (Å²) >= 11 is 9.06. The Hall–Kier alpha value is -1.65. The van der Waals surface area contributed by atoms with Crippen molar-refractivity contribution in [3.8, 4) is 0 Å². The number of carbonyl (C=O) groups is 2. The minimum atomic E-state index is -0.278. The van der Waals surface area contributed by atoms with Gasteiger partial charge in [-0.2, -0.15) is 0 Å². The maximum Gasteiger partial charge on any atom is 0.232 e. The first-order valence-electron chi connectivity index (χ1n) is 6.87. The van der Waals surface area contributed by atoms with Crippen molar-refractivity contribution < 1.29 is 9.59 Å². The molecule has 0 radical (unpaired) electrons. The maximum atomic E-state index is 12.2. The van der Waals surface area contributed by atoms with Gasteiger partial charge in [-0.25, -0.2) is 0 Å². The summed E-state index contributed by atoms with van der Waals surface area (Å²) in [6.45, 7) is 0. The van der Waals surface area contributed by atoms with E-state index in [1.54, 1.807) is 12.1 Å². The Morgan fingerprint density at radius 2 is 1.91 bits per heavy atom. The lowest BCUT2D eigenvalue weighted by Gasteiger charge is -2.10. The predicted molar refractivity (Wildman–Crippen MR) is 91.1 cm³/mol. The number of alkyl halides is 1. The number of carbonyl (C=O) groups excluding carboxylic acids is 2. The minimum absolute atomic E-state index is 0.00684. The molecule has 0 aromatic heterocycles. The molecule has 1 N–H and O–H groups in total. The van der Waals surface area contributed by atoms with Crippen LogP contribution in [-0.2, 0) is 11.2 Å². The molecule has 2 aromatic carbocycles. The number of hydrogen-bond donors (Lipinski definition) is 1. The number of nitrogens with one attached hydrogen (secondary N) is 1. The first-order valence-corrected chi connectivity index (χ1v) is 8.37. The number of amides is 1. The monoisotopic (exact) mass is 377 g/mol. The van der Waals surface area contributed by atoms with Crippen molar-refractivity contribution in [1.82, 2.24) is 0 Å². The fourth-order valence-corrected chi connectivity index (χ4v) is 3.09. The Morgan fingerprint density at radius 1 is 1.18 bits per heavy atom. The Bertz CT molecular complexity index is 743. The van der Waals surface area contributed by atoms with Crippen LogP contribution in [0.4, 0.5) is 5.69 Å². The van der Waals surface area contributed by atoms with E-state index in [2.05, 4.69) is 21.2 Å². The second-order valence-corrected chi connectivity index (χ2v) is 6.23. The molecule has 3 nitrogen and oxygen atoms in total. The van der Waals surface area contributed by atoms with Crippen molar-refractivity contribution in [3.05, 3.63) is 64.2 Å². The summed E-state index contributed by atoms with van der Waals surface area (Å²) in [5, 5.41) is 3.82. The molecule has 0 saturated heterocycles. The van der Waals surface area contributed by atoms with Crippen molar-refractivity contribution in [2.24, 2.45) is 0 Å². The van der Waals surface area contributed by atoms with Gasteiger partial charge < -0.3 is 5.32 Å². The van der Waals surface area contributed by atoms with Crippen molar-refractivity contribution in [3.63, 3.8) is 0 Å². The zero-order valence-corrected chi connectivity index (χ0v) is 13.9. The van der Waals surface area contributed by atoms with Gasteiger partial charge in [-0.1, -0.05) is 39.7 Å². The number of rotatable bonds is 4. The first kappa shape index (κ1) is 15.3. The number of halogens is 2. The van der Waals surface area contributed by atoms with E-state index in [9.17, 15) is 9.59 Å². The Balaban J connectivity index is 1.92. The standard InChI is InChI=1S/C17H13BrClNO2/c18-9-16(21)11-3-6-15-13(8-11)14(17(22)20-15)7-10-1-4-12(19)5-2-10/h1-6,8,14H,7,9H2,(H,20,22). The molecular formula is C17H13BrClNO2. The molecule has 112 valence electrons. The maximum absolute atomic E-state index is 12.2. The Kier molecular flexibility index (Phi) is 4.32. The number of Topliss-reactive ketones (excluding diaryl/α,β-unsaturated/α-hetero) is 1. The molecule has 2 aromatic rings. The molecule has 1 unspecified atom stereocenters. The molecule has 0 bridgehead atoms. The van der Waals surface area contributed by atoms with Gasteiger partial charge in [0.1, 0.15) is 0 Å². The van der Waals surface area contributed by atoms with Crippen LogP contribution < -0.4 is 5.32 Å². The largest absolute Gasteiger partial charge is 0.325 e. The third-order valence-electron chi connectivity index (χ3n) is 3.80. The van der Waals surface area contributed by atoms with Gasteiger partial charge in [-0.15, -0.1) is 0 Å². The summed E-state index contributed by atoms with van der Waals surface area (Å²) < 4.78 is 0. The number of hydrogen-bond acceptors (Lipinski definition) is 2. The van der Waals surface area contributed by atoms with E-state index in [4.69, 9.17) is 11.6 Å². The number of fused-ring (bicyclic) bond motifs is 1. The molecule has 1 aliphatic rings. The smallest absolute Gasteiger partial charge is 0.232 e. The lowest BCUT2D eigenvalue weighted by atomic mass is 9.92. The van der Waals surface area contributed by atoms with Crippen molar-refractivity contribution in [2.45, 2.75) is 12.3 Å². The van der Waals surface area contributed by atoms with Crippen LogP contribution in [0.2, 0.25) is 5.02 Å². The topological polar surface area (TPSA) is 46.2 Å². The van der Waals surface area contributed by atoms with E-state index in [-0.39, 0.29) is 22.9 Å². The number of anilines is 1. The number of benzene rings is 2. The lowest BCUT2D eigenvalue weighted by Crippen LogP contribution is -2.14. The van der Waals surface area contributed by atoms with Gasteiger partial charge in [0.2, 0.25) is 5.91 Å². The summed E-state index contributed by atoms with van der Waals surface area (Å²) in [4.78, 5) is 24.1. The van der Waals surface area contributed by atoms with Crippen LogP contribution in [0.3, 0.4) is 0 Å². The zero-order chi connectivity index (χ0) is 15.7. The number of ketones is 1. The predicted octanol–water partition coefficient (Wildman–Crippen LogP) is 4.20. The normalized spacial score (nSPS) is 16.3. The molecule has 1 aliphatic heterocycles. The lowest BCUT2D eigenvalue weighted by molar-refractivity contribution is -0.117. The highest BCUT2D eigenvalue weighted by Crippen LogP contribution is 2.35. The summed E-state index contributed by atoms with van der Waals surface area (Å²) in [5.41, 5.74) is 3.32. The second-order valence-electron chi connectivity index (χ2n) is 5.23. The van der Waals surface area contributed by atoms with Gasteiger partial charge in [-0.3, -0.25) is 9.59 Å². The van der Waals surface area contributed by atoms with Crippen LogP contribution in [-0.4, -0.2) is 17.0 Å². The quantitative estimate of drug-likeness (QED) is 0.640. The van der Waals surface area contributed by atoms with Crippen LogP contribution in [0.5, 0.6) is 0 Å². The first-order chi connectivity index (χ1) is 10.6. The molecule has 5 heteroatoms. The fraction of sp³-hybridized carbons (Fsp3) is 0.176. The zero-order valence-electron chi connectivity index (χ0n) is 11.6. The van der Waals surface area contributed by atoms with E-state index < -0.39 is 0 Å². The van der Waals surface area contributed by atoms with Gasteiger partial charge in [0.05, 0.1) is 11.2 Å². The van der Waals surface area contributed by atoms with E-state index in [0.717, 1.165) is 16.8 Å². The van der Waals surface area contributed by atoms with Gasteiger partial charge in [0, 0.05) is 16.3 Å². The van der Waals surface area contributed by atoms with Crippen LogP contribution in [0, 0.1) is 0 Å². The van der Waals surface area contributed by atoms with E-state index >= 15 is 0 Å². The Labute approximate surface area is 141 Å². The molecule has 0 saturated carbocycles. The highest BCUT2D eigenvalue weighted by atomic mass is 79.9. The average molecular weight is 379 g/mol. The van der Waals surface area contributed by atoms with E-state index in [1.165, 1.54) is 0 Å². The van der Waals surface area contributed by atoms with E-state index in [1.807, 2.05) is 30.3 Å². The van der Waals surface area contributed by atoms with Crippen LogP contribution >= 0.6 is 27.5 Å². The summed E-state index contributed by atoms with van der Waals surface area (Å²) in [5.74, 6) is -0.306. The van der Waals surface area contributed by atoms with Crippen LogP contribution in [0.1, 0.15) is 27.4 Å². The van der Waals surface area contributed by atoms with E-state index in [0.29, 0.717) is 17.0 Å². The molecule has 22 heavy (non-hydrogen) atoms. The average Bonchev–Trinajstić information content (AvgIpc) is 2.84. The third kappa shape index (κ3) is 2.94. The van der Waals surface area contributed by atoms with Gasteiger partial charge >= 0.3 is 0 Å². The molecule has 0 aliphatic carbocycles. The van der Waals surface area contributed by atoms with Crippen molar-refractivity contribution >= 4 is 44.9 Å². The summed E-state index contributed by atoms with van der Waals surface area (Å²) in [7, 11) is 0. The third-order valence-corrected chi connectivity index (χ3v) is 4.56. The second kappa shape index (κ2) is 6.23. The SMILES string of the molecule is O=C(CBr)c1ccc2c(c1)C(Cc1ccc(Cl)cc1)C(=O)N2. The Morgan fingerprint density at radius 3 is 2.59 bits per heavy atom.